The van der Waals surface area contributed by atoms with Crippen molar-refractivity contribution < 1.29 is 19.9 Å². The van der Waals surface area contributed by atoms with Gasteiger partial charge in [-0.2, -0.15) is 0 Å². The molecule has 0 aromatic rings. The molecule has 0 aromatic heterocycles. The van der Waals surface area contributed by atoms with Gasteiger partial charge in [-0.25, -0.2) is 0 Å². The normalized spacial score (nSPS) is 14.5. The van der Waals surface area contributed by atoms with Gasteiger partial charge in [0.1, 0.15) is 0 Å². The minimum Gasteiger partial charge on any atom is -0.365 e. The molecule has 0 aliphatic carbocycles. The van der Waals surface area contributed by atoms with Crippen molar-refractivity contribution in [3.8, 4) is 0 Å². The SMILES string of the molecule is CCOC(C)C(O)(O)[N+](=O)[O-]. The van der Waals surface area contributed by atoms with Crippen LogP contribution < -0.4 is 0 Å². The molecular weight excluding hydrogens is 154 g/mol. The quantitative estimate of drug-likeness (QED) is 0.327. The van der Waals surface area contributed by atoms with E-state index in [1.54, 1.807) is 6.92 Å². The van der Waals surface area contributed by atoms with Gasteiger partial charge in [0.25, 0.3) is 0 Å². The van der Waals surface area contributed by atoms with Gasteiger partial charge in [0.05, 0.1) is 4.92 Å². The molecule has 6 nitrogen and oxygen atoms in total. The standard InChI is InChI=1S/C5H11NO5/c1-3-11-4(2)5(7,8)6(9)10/h4,7-8H,3H2,1-2H3. The Bertz CT molecular complexity index is 146. The van der Waals surface area contributed by atoms with Crippen molar-refractivity contribution in [2.24, 2.45) is 0 Å². The monoisotopic (exact) mass is 165 g/mol. The molecule has 2 N–H and O–H groups in total. The van der Waals surface area contributed by atoms with Crippen molar-refractivity contribution in [1.82, 2.24) is 0 Å². The van der Waals surface area contributed by atoms with Gasteiger partial charge in [0, 0.05) is 6.61 Å². The highest BCUT2D eigenvalue weighted by molar-refractivity contribution is 4.59. The molecule has 0 aromatic carbocycles. The average Bonchev–Trinajstić information content (AvgIpc) is 1.88. The number of hydrogen-bond acceptors (Lipinski definition) is 5. The van der Waals surface area contributed by atoms with E-state index in [-0.39, 0.29) is 6.61 Å². The predicted octanol–water partition coefficient (Wildman–Crippen LogP) is -0.673. The first-order chi connectivity index (χ1) is 4.92. The van der Waals surface area contributed by atoms with Crippen molar-refractivity contribution in [2.75, 3.05) is 6.61 Å². The molecule has 11 heavy (non-hydrogen) atoms. The first-order valence-corrected chi connectivity index (χ1v) is 3.13. The van der Waals surface area contributed by atoms with Crippen molar-refractivity contribution in [2.45, 2.75) is 25.9 Å². The van der Waals surface area contributed by atoms with Crippen molar-refractivity contribution in [1.29, 1.82) is 0 Å². The summed E-state index contributed by atoms with van der Waals surface area (Å²) in [6.45, 7) is 3.01. The summed E-state index contributed by atoms with van der Waals surface area (Å²) >= 11 is 0. The van der Waals surface area contributed by atoms with Gasteiger partial charge < -0.3 is 14.9 Å². The molecule has 0 saturated carbocycles. The summed E-state index contributed by atoms with van der Waals surface area (Å²) in [5.41, 5.74) is 0. The van der Waals surface area contributed by atoms with E-state index in [4.69, 9.17) is 10.2 Å². The van der Waals surface area contributed by atoms with Crippen molar-refractivity contribution in [3.05, 3.63) is 10.1 Å². The van der Waals surface area contributed by atoms with Crippen LogP contribution in [0.1, 0.15) is 13.8 Å². The van der Waals surface area contributed by atoms with Gasteiger partial charge >= 0.3 is 5.91 Å². The fraction of sp³-hybridized carbons (Fsp3) is 1.00. The third-order valence-electron chi connectivity index (χ3n) is 1.23. The van der Waals surface area contributed by atoms with E-state index in [1.165, 1.54) is 6.92 Å². The van der Waals surface area contributed by atoms with Crippen LogP contribution in [0.4, 0.5) is 0 Å². The number of ether oxygens (including phenoxy) is 1. The Morgan fingerprint density at radius 1 is 1.73 bits per heavy atom. The summed E-state index contributed by atoms with van der Waals surface area (Å²) in [4.78, 5) is 8.76. The molecule has 6 heteroatoms. The molecule has 0 radical (unpaired) electrons. The first-order valence-electron chi connectivity index (χ1n) is 3.13. The van der Waals surface area contributed by atoms with Gasteiger partial charge in [-0.3, -0.25) is 10.1 Å². The van der Waals surface area contributed by atoms with Crippen LogP contribution in [0.15, 0.2) is 0 Å². The summed E-state index contributed by atoms with van der Waals surface area (Å²) in [5.74, 6) is -2.99. The van der Waals surface area contributed by atoms with Crippen molar-refractivity contribution in [3.63, 3.8) is 0 Å². The number of aliphatic hydroxyl groups is 2. The fourth-order valence-electron chi connectivity index (χ4n) is 0.510. The Morgan fingerprint density at radius 3 is 2.45 bits per heavy atom. The lowest BCUT2D eigenvalue weighted by Gasteiger charge is -2.18. The Hall–Kier alpha value is -0.720. The smallest absolute Gasteiger partial charge is 0.365 e. The molecule has 0 amide bonds. The second-order valence-electron chi connectivity index (χ2n) is 2.04. The van der Waals surface area contributed by atoms with Gasteiger partial charge in [-0.15, -0.1) is 0 Å². The zero-order valence-electron chi connectivity index (χ0n) is 6.35. The maximum atomic E-state index is 9.96. The predicted molar refractivity (Wildman–Crippen MR) is 35.3 cm³/mol. The molecule has 0 rings (SSSR count). The molecule has 0 heterocycles. The van der Waals surface area contributed by atoms with Crippen LogP contribution >= 0.6 is 0 Å². The van der Waals surface area contributed by atoms with E-state index in [9.17, 15) is 10.1 Å². The lowest BCUT2D eigenvalue weighted by atomic mass is 10.3. The Kier molecular flexibility index (Phi) is 3.37. The van der Waals surface area contributed by atoms with Crippen LogP contribution in [0.25, 0.3) is 0 Å². The average molecular weight is 165 g/mol. The topological polar surface area (TPSA) is 92.8 Å². The number of nitro groups is 1. The van der Waals surface area contributed by atoms with E-state index < -0.39 is 16.9 Å². The minimum absolute atomic E-state index is 0.192. The summed E-state index contributed by atoms with van der Waals surface area (Å²) in [6.07, 6.45) is -1.23. The highest BCUT2D eigenvalue weighted by Gasteiger charge is 2.45. The molecule has 0 saturated heterocycles. The lowest BCUT2D eigenvalue weighted by molar-refractivity contribution is -0.695. The molecule has 1 unspecified atom stereocenters. The molecule has 0 spiro atoms. The number of hydrogen-bond donors (Lipinski definition) is 2. The fourth-order valence-corrected chi connectivity index (χ4v) is 0.510. The number of nitrogens with zero attached hydrogens (tertiary/aromatic N) is 1. The van der Waals surface area contributed by atoms with E-state index in [1.807, 2.05) is 0 Å². The maximum Gasteiger partial charge on any atom is 0.463 e. The van der Waals surface area contributed by atoms with E-state index in [0.717, 1.165) is 0 Å². The van der Waals surface area contributed by atoms with Crippen LogP contribution in [0.2, 0.25) is 0 Å². The molecule has 1 atom stereocenters. The van der Waals surface area contributed by atoms with Crippen LogP contribution in [-0.2, 0) is 4.74 Å². The summed E-state index contributed by atoms with van der Waals surface area (Å²) < 4.78 is 4.63. The first kappa shape index (κ1) is 10.3. The second-order valence-corrected chi connectivity index (χ2v) is 2.04. The van der Waals surface area contributed by atoms with Gasteiger partial charge in [-0.05, 0) is 13.8 Å². The molecule has 0 aliphatic rings. The third kappa shape index (κ3) is 2.41. The van der Waals surface area contributed by atoms with Crippen LogP contribution in [0.5, 0.6) is 0 Å². The largest absolute Gasteiger partial charge is 0.463 e. The highest BCUT2D eigenvalue weighted by Crippen LogP contribution is 2.10. The minimum atomic E-state index is -2.99. The zero-order chi connectivity index (χ0) is 9.07. The number of rotatable bonds is 4. The zero-order valence-corrected chi connectivity index (χ0v) is 6.35. The maximum absolute atomic E-state index is 9.96. The van der Waals surface area contributed by atoms with E-state index in [2.05, 4.69) is 4.74 Å². The van der Waals surface area contributed by atoms with Gasteiger partial charge in [0.2, 0.25) is 0 Å². The molecule has 0 fully saturated rings. The van der Waals surface area contributed by atoms with Crippen LogP contribution in [-0.4, -0.2) is 33.8 Å². The van der Waals surface area contributed by atoms with E-state index in [0.29, 0.717) is 0 Å². The third-order valence-corrected chi connectivity index (χ3v) is 1.23. The second kappa shape index (κ2) is 3.61. The van der Waals surface area contributed by atoms with Crippen LogP contribution in [0.3, 0.4) is 0 Å². The molecular formula is C5H11NO5. The Morgan fingerprint density at radius 2 is 2.18 bits per heavy atom. The summed E-state index contributed by atoms with van der Waals surface area (Å²) in [5, 5.41) is 27.4. The summed E-state index contributed by atoms with van der Waals surface area (Å²) in [6, 6.07) is 0. The van der Waals surface area contributed by atoms with Crippen LogP contribution in [0, 0.1) is 10.1 Å². The van der Waals surface area contributed by atoms with Crippen molar-refractivity contribution >= 4 is 0 Å². The molecule has 0 bridgehead atoms. The lowest BCUT2D eigenvalue weighted by Crippen LogP contribution is -2.49. The molecule has 0 aliphatic heterocycles. The van der Waals surface area contributed by atoms with E-state index >= 15 is 0 Å². The van der Waals surface area contributed by atoms with Gasteiger partial charge in [0.15, 0.2) is 6.10 Å². The van der Waals surface area contributed by atoms with Gasteiger partial charge in [-0.1, -0.05) is 0 Å². The Balaban J connectivity index is 4.17. The Labute approximate surface area is 63.6 Å². The highest BCUT2D eigenvalue weighted by atomic mass is 16.7. The molecule has 66 valence electrons. The summed E-state index contributed by atoms with van der Waals surface area (Å²) in [7, 11) is 0.